The van der Waals surface area contributed by atoms with Crippen LogP contribution in [-0.2, 0) is 22.4 Å². The first-order chi connectivity index (χ1) is 16.6. The molecule has 2 aromatic rings. The average Bonchev–Trinajstić information content (AvgIpc) is 2.77. The van der Waals surface area contributed by atoms with Crippen LogP contribution in [0.15, 0.2) is 73.1 Å². The van der Waals surface area contributed by atoms with Gasteiger partial charge in [-0.25, -0.2) is 23.4 Å². The van der Waals surface area contributed by atoms with E-state index in [0.29, 0.717) is 11.1 Å². The molecule has 2 aromatic carbocycles. The molecule has 0 radical (unpaired) electrons. The number of allylic oxidation sites excluding steroid dienone is 2. The second kappa shape index (κ2) is 14.6. The van der Waals surface area contributed by atoms with Crippen molar-refractivity contribution in [2.75, 3.05) is 0 Å². The Balaban J connectivity index is 0.000000926. The third-order valence-electron chi connectivity index (χ3n) is 4.46. The van der Waals surface area contributed by atoms with Gasteiger partial charge < -0.3 is 0 Å². The van der Waals surface area contributed by atoms with E-state index in [1.807, 2.05) is 0 Å². The minimum Gasteiger partial charge on any atom is -0.273 e. The Hall–Kier alpha value is -3.61. The van der Waals surface area contributed by atoms with Gasteiger partial charge in [0.2, 0.25) is 11.8 Å². The lowest BCUT2D eigenvalue weighted by Crippen LogP contribution is -2.54. The molecule has 0 aromatic heterocycles. The van der Waals surface area contributed by atoms with Gasteiger partial charge >= 0.3 is 6.03 Å². The molecule has 0 unspecified atom stereocenters. The number of nitrogens with zero attached hydrogens (tertiary/aromatic N) is 2. The van der Waals surface area contributed by atoms with Crippen LogP contribution in [0.25, 0.3) is 0 Å². The fraction of sp³-hybridized carbons (Fsp3) is 0.321. The zero-order chi connectivity index (χ0) is 26.5. The maximum atomic E-state index is 13.1. The van der Waals surface area contributed by atoms with Crippen molar-refractivity contribution in [2.24, 2.45) is 0 Å². The second-order valence-electron chi connectivity index (χ2n) is 8.07. The Bertz CT molecular complexity index is 950. The first-order valence-corrected chi connectivity index (χ1v) is 11.6. The molecule has 0 saturated carbocycles. The lowest BCUT2D eigenvalue weighted by molar-refractivity contribution is -0.140. The van der Waals surface area contributed by atoms with Gasteiger partial charge in [-0.3, -0.25) is 9.59 Å². The number of carbonyl (C=O) groups excluding carboxylic acids is 3. The van der Waals surface area contributed by atoms with E-state index in [-0.39, 0.29) is 24.2 Å². The van der Waals surface area contributed by atoms with E-state index in [0.717, 1.165) is 9.80 Å². The summed E-state index contributed by atoms with van der Waals surface area (Å²) in [6, 6.07) is 10.3. The van der Waals surface area contributed by atoms with Gasteiger partial charge in [0.25, 0.3) is 0 Å². The predicted octanol–water partition coefficient (Wildman–Crippen LogP) is 6.79. The summed E-state index contributed by atoms with van der Waals surface area (Å²) in [6.07, 6.45) is 2.26. The van der Waals surface area contributed by atoms with Crippen LogP contribution in [0.4, 0.5) is 13.6 Å². The summed E-state index contributed by atoms with van der Waals surface area (Å²) in [5, 5.41) is 0. The molecule has 1 aliphatic rings. The van der Waals surface area contributed by atoms with Gasteiger partial charge in [-0.05, 0) is 35.4 Å². The van der Waals surface area contributed by atoms with Crippen molar-refractivity contribution in [1.82, 2.24) is 9.80 Å². The molecule has 7 heteroatoms. The molecule has 188 valence electrons. The van der Waals surface area contributed by atoms with Crippen LogP contribution in [0.1, 0.15) is 58.1 Å². The van der Waals surface area contributed by atoms with E-state index in [1.165, 1.54) is 61.4 Å². The summed E-state index contributed by atoms with van der Waals surface area (Å²) >= 11 is 0. The Morgan fingerprint density at radius 2 is 0.971 bits per heavy atom. The molecule has 0 bridgehead atoms. The van der Waals surface area contributed by atoms with E-state index >= 15 is 0 Å². The molecule has 1 aliphatic heterocycles. The number of rotatable bonds is 6. The van der Waals surface area contributed by atoms with Crippen molar-refractivity contribution in [3.63, 3.8) is 0 Å². The zero-order valence-corrected chi connectivity index (χ0v) is 20.9. The van der Waals surface area contributed by atoms with Crippen LogP contribution in [-0.4, -0.2) is 27.6 Å². The zero-order valence-electron chi connectivity index (χ0n) is 20.9. The Morgan fingerprint density at radius 1 is 0.686 bits per heavy atom. The highest BCUT2D eigenvalue weighted by molar-refractivity contribution is 6.16. The van der Waals surface area contributed by atoms with Crippen LogP contribution < -0.4 is 0 Å². The van der Waals surface area contributed by atoms with E-state index in [2.05, 4.69) is 40.9 Å². The molecule has 1 fully saturated rings. The molecular weight excluding hydrogens is 450 g/mol. The number of halogens is 2. The van der Waals surface area contributed by atoms with Crippen LogP contribution >= 0.6 is 0 Å². The van der Waals surface area contributed by atoms with Gasteiger partial charge in [-0.1, -0.05) is 78.0 Å². The van der Waals surface area contributed by atoms with Gasteiger partial charge in [0.1, 0.15) is 18.1 Å². The average molecular weight is 485 g/mol. The minimum absolute atomic E-state index is 0.129. The summed E-state index contributed by atoms with van der Waals surface area (Å²) in [5.41, 5.74) is 1.65. The maximum absolute atomic E-state index is 13.1. The molecule has 0 atom stereocenters. The molecule has 1 saturated heterocycles. The number of hydrogen-bond acceptors (Lipinski definition) is 3. The van der Waals surface area contributed by atoms with E-state index in [4.69, 9.17) is 0 Å². The molecule has 3 rings (SSSR count). The number of hydrogen-bond donors (Lipinski definition) is 0. The van der Waals surface area contributed by atoms with Gasteiger partial charge in [-0.2, -0.15) is 0 Å². The highest BCUT2D eigenvalue weighted by atomic mass is 19.1. The number of barbiturate groups is 1. The third-order valence-corrected chi connectivity index (χ3v) is 4.46. The lowest BCUT2D eigenvalue weighted by Gasteiger charge is -2.34. The highest BCUT2D eigenvalue weighted by Gasteiger charge is 2.40. The van der Waals surface area contributed by atoms with E-state index in [1.54, 1.807) is 0 Å². The summed E-state index contributed by atoms with van der Waals surface area (Å²) in [7, 11) is 0. The van der Waals surface area contributed by atoms with Crippen molar-refractivity contribution in [1.29, 1.82) is 0 Å². The number of carbonyl (C=O) groups is 3. The molecule has 0 spiro atoms. The summed E-state index contributed by atoms with van der Waals surface area (Å²) in [4.78, 5) is 39.2. The molecule has 5 nitrogen and oxygen atoms in total. The first-order valence-electron chi connectivity index (χ1n) is 11.6. The standard InChI is InChI=1S/C22H18F2N2O3.2C3H8/c1-14(11-16-3-7-18(23)8-4-16)25-20(27)13-21(28)26(22(25)29)15(2)12-17-5-9-19(24)10-6-17;2*1-3-2/h3-10H,1-2,11-13H2;2*3H2,1-2H3. The number of imide groups is 2. The molecule has 1 heterocycles. The van der Waals surface area contributed by atoms with Crippen molar-refractivity contribution in [3.8, 4) is 0 Å². The fourth-order valence-corrected chi connectivity index (χ4v) is 3.06. The summed E-state index contributed by atoms with van der Waals surface area (Å²) < 4.78 is 26.1. The molecule has 0 aliphatic carbocycles. The Labute approximate surface area is 206 Å². The quantitative estimate of drug-likeness (QED) is 0.424. The van der Waals surface area contributed by atoms with Crippen LogP contribution in [0, 0.1) is 11.6 Å². The second-order valence-corrected chi connectivity index (χ2v) is 8.07. The Morgan fingerprint density at radius 3 is 1.26 bits per heavy atom. The molecule has 4 amide bonds. The minimum atomic E-state index is -0.856. The van der Waals surface area contributed by atoms with Crippen molar-refractivity contribution < 1.29 is 23.2 Å². The first kappa shape index (κ1) is 29.4. The normalized spacial score (nSPS) is 12.9. The van der Waals surface area contributed by atoms with Crippen molar-refractivity contribution >= 4 is 17.8 Å². The number of urea groups is 1. The fourth-order valence-electron chi connectivity index (χ4n) is 3.06. The largest absolute Gasteiger partial charge is 0.342 e. The maximum Gasteiger partial charge on any atom is 0.342 e. The Kier molecular flexibility index (Phi) is 12.3. The summed E-state index contributed by atoms with van der Waals surface area (Å²) in [6.45, 7) is 16.1. The van der Waals surface area contributed by atoms with Gasteiger partial charge in [0.15, 0.2) is 0 Å². The highest BCUT2D eigenvalue weighted by Crippen LogP contribution is 2.24. The monoisotopic (exact) mass is 484 g/mol. The van der Waals surface area contributed by atoms with Crippen molar-refractivity contribution in [3.05, 3.63) is 95.8 Å². The number of benzene rings is 2. The van der Waals surface area contributed by atoms with Gasteiger partial charge in [-0.15, -0.1) is 0 Å². The third kappa shape index (κ3) is 8.92. The number of amides is 4. The van der Waals surface area contributed by atoms with Gasteiger partial charge in [0, 0.05) is 24.2 Å². The van der Waals surface area contributed by atoms with Crippen LogP contribution in [0.5, 0.6) is 0 Å². The molecule has 0 N–H and O–H groups in total. The molecular formula is C28H34F2N2O3. The van der Waals surface area contributed by atoms with E-state index < -0.39 is 35.9 Å². The smallest absolute Gasteiger partial charge is 0.273 e. The van der Waals surface area contributed by atoms with Crippen LogP contribution in [0.3, 0.4) is 0 Å². The summed E-state index contributed by atoms with van der Waals surface area (Å²) in [5.74, 6) is -2.17. The van der Waals surface area contributed by atoms with Crippen LogP contribution in [0.2, 0.25) is 0 Å². The molecule has 35 heavy (non-hydrogen) atoms. The lowest BCUT2D eigenvalue weighted by atomic mass is 10.1. The SMILES string of the molecule is C=C(Cc1ccc(F)cc1)N1C(=O)CC(=O)N(C(=C)Cc2ccc(F)cc2)C1=O.CCC.CCC. The topological polar surface area (TPSA) is 57.7 Å². The van der Waals surface area contributed by atoms with Gasteiger partial charge in [0.05, 0.1) is 0 Å². The predicted molar refractivity (Wildman–Crippen MR) is 134 cm³/mol. The van der Waals surface area contributed by atoms with Crippen molar-refractivity contribution in [2.45, 2.75) is 59.8 Å². The van der Waals surface area contributed by atoms with E-state index in [9.17, 15) is 23.2 Å².